The number of benzene rings is 2. The zero-order valence-corrected chi connectivity index (χ0v) is 14.8. The minimum atomic E-state index is 0.0216. The molecule has 1 atom stereocenters. The average Bonchev–Trinajstić information content (AvgIpc) is 2.60. The van der Waals surface area contributed by atoms with Crippen molar-refractivity contribution in [2.75, 3.05) is 13.2 Å². The van der Waals surface area contributed by atoms with Crippen molar-refractivity contribution in [3.8, 4) is 11.1 Å². The van der Waals surface area contributed by atoms with Crippen LogP contribution in [0.25, 0.3) is 11.1 Å². The lowest BCUT2D eigenvalue weighted by Gasteiger charge is -2.15. The van der Waals surface area contributed by atoms with Crippen LogP contribution in [0.5, 0.6) is 0 Å². The van der Waals surface area contributed by atoms with E-state index in [1.807, 2.05) is 13.8 Å². The molecule has 0 spiro atoms. The van der Waals surface area contributed by atoms with Crippen LogP contribution in [0, 0.1) is 5.92 Å². The maximum Gasteiger partial charge on any atom is 0.222 e. The summed E-state index contributed by atoms with van der Waals surface area (Å²) < 4.78 is 0. The summed E-state index contributed by atoms with van der Waals surface area (Å²) >= 11 is 0. The molecule has 0 fully saturated rings. The van der Waals surface area contributed by atoms with E-state index in [9.17, 15) is 4.79 Å². The third-order valence-electron chi connectivity index (χ3n) is 4.27. The summed E-state index contributed by atoms with van der Waals surface area (Å²) in [4.78, 5) is 11.7. The first-order valence-corrected chi connectivity index (χ1v) is 8.59. The summed E-state index contributed by atoms with van der Waals surface area (Å²) in [6.45, 7) is 6.77. The number of hydrogen-bond donors (Lipinski definition) is 2. The monoisotopic (exact) mass is 325 g/mol. The van der Waals surface area contributed by atoms with E-state index in [1.54, 1.807) is 0 Å². The van der Waals surface area contributed by atoms with Crippen molar-refractivity contribution in [2.45, 2.75) is 33.1 Å². The summed E-state index contributed by atoms with van der Waals surface area (Å²) in [5, 5.41) is 12.0. The number of aliphatic hydroxyl groups excluding tert-OH is 1. The molecule has 3 nitrogen and oxygen atoms in total. The fraction of sp³-hybridized carbons (Fsp3) is 0.381. The molecular weight excluding hydrogens is 298 g/mol. The predicted octanol–water partition coefficient (Wildman–Crippen LogP) is 3.76. The van der Waals surface area contributed by atoms with Gasteiger partial charge in [0.25, 0.3) is 0 Å². The van der Waals surface area contributed by atoms with E-state index in [0.29, 0.717) is 13.0 Å². The number of carbonyl (C=O) groups excluding carboxylic acids is 1. The second kappa shape index (κ2) is 8.65. The Kier molecular flexibility index (Phi) is 6.56. The Labute approximate surface area is 144 Å². The molecule has 0 aliphatic carbocycles. The van der Waals surface area contributed by atoms with Crippen molar-refractivity contribution in [1.82, 2.24) is 5.32 Å². The number of aliphatic hydroxyl groups is 1. The van der Waals surface area contributed by atoms with Crippen molar-refractivity contribution < 1.29 is 9.90 Å². The number of hydrogen-bond acceptors (Lipinski definition) is 2. The molecule has 0 bridgehead atoms. The van der Waals surface area contributed by atoms with Gasteiger partial charge in [0.15, 0.2) is 0 Å². The normalized spacial score (nSPS) is 12.2. The lowest BCUT2D eigenvalue weighted by atomic mass is 9.96. The highest BCUT2D eigenvalue weighted by molar-refractivity contribution is 5.77. The van der Waals surface area contributed by atoms with E-state index in [4.69, 9.17) is 5.11 Å². The molecule has 128 valence electrons. The van der Waals surface area contributed by atoms with Crippen LogP contribution in [-0.2, 0) is 11.2 Å². The van der Waals surface area contributed by atoms with Crippen LogP contribution >= 0.6 is 0 Å². The molecule has 2 rings (SSSR count). The Morgan fingerprint density at radius 1 is 0.958 bits per heavy atom. The van der Waals surface area contributed by atoms with E-state index < -0.39 is 0 Å². The Morgan fingerprint density at radius 3 is 2.00 bits per heavy atom. The average molecular weight is 325 g/mol. The van der Waals surface area contributed by atoms with Gasteiger partial charge in [-0.15, -0.1) is 0 Å². The molecule has 1 unspecified atom stereocenters. The van der Waals surface area contributed by atoms with Gasteiger partial charge in [0.05, 0.1) is 0 Å². The molecule has 2 aromatic rings. The second-order valence-electron chi connectivity index (χ2n) is 6.59. The van der Waals surface area contributed by atoms with Gasteiger partial charge >= 0.3 is 0 Å². The molecule has 3 heteroatoms. The third-order valence-corrected chi connectivity index (χ3v) is 4.27. The van der Waals surface area contributed by atoms with Gasteiger partial charge < -0.3 is 10.4 Å². The largest absolute Gasteiger partial charge is 0.396 e. The molecule has 2 aromatic carbocycles. The summed E-state index contributed by atoms with van der Waals surface area (Å²) in [5.41, 5.74) is 4.71. The lowest BCUT2D eigenvalue weighted by Crippen LogP contribution is -2.30. The molecule has 24 heavy (non-hydrogen) atoms. The van der Waals surface area contributed by atoms with Gasteiger partial charge in [-0.1, -0.05) is 69.3 Å². The summed E-state index contributed by atoms with van der Waals surface area (Å²) in [5.74, 6) is 0.406. The van der Waals surface area contributed by atoms with E-state index in [0.717, 1.165) is 5.56 Å². The molecule has 0 aliphatic rings. The van der Waals surface area contributed by atoms with Crippen LogP contribution in [-0.4, -0.2) is 24.2 Å². The smallest absolute Gasteiger partial charge is 0.222 e. The van der Waals surface area contributed by atoms with Gasteiger partial charge in [-0.25, -0.2) is 0 Å². The minimum absolute atomic E-state index is 0.0216. The first-order valence-electron chi connectivity index (χ1n) is 8.59. The topological polar surface area (TPSA) is 49.3 Å². The van der Waals surface area contributed by atoms with Gasteiger partial charge in [-0.2, -0.15) is 0 Å². The Bertz CT molecular complexity index is 645. The fourth-order valence-corrected chi connectivity index (χ4v) is 2.57. The van der Waals surface area contributed by atoms with Crippen molar-refractivity contribution >= 4 is 5.91 Å². The Balaban J connectivity index is 2.00. The lowest BCUT2D eigenvalue weighted by molar-refractivity contribution is -0.124. The molecular formula is C21H27NO2. The third kappa shape index (κ3) is 4.93. The molecule has 1 amide bonds. The Hall–Kier alpha value is -2.13. The van der Waals surface area contributed by atoms with Gasteiger partial charge in [0, 0.05) is 19.1 Å². The van der Waals surface area contributed by atoms with E-state index in [2.05, 4.69) is 60.8 Å². The molecule has 0 saturated carbocycles. The van der Waals surface area contributed by atoms with Gasteiger partial charge in [-0.05, 0) is 34.6 Å². The molecule has 0 heterocycles. The zero-order chi connectivity index (χ0) is 17.5. The van der Waals surface area contributed by atoms with E-state index in [-0.39, 0.29) is 24.3 Å². The summed E-state index contributed by atoms with van der Waals surface area (Å²) in [6, 6.07) is 16.8. The SMILES string of the molecule is CC(C)C(=O)NCC(C)c1ccc(-c2ccc(CCO)cc2)cc1. The first kappa shape index (κ1) is 18.2. The quantitative estimate of drug-likeness (QED) is 0.814. The highest BCUT2D eigenvalue weighted by atomic mass is 16.2. The molecule has 0 saturated heterocycles. The highest BCUT2D eigenvalue weighted by Crippen LogP contribution is 2.23. The van der Waals surface area contributed by atoms with Crippen LogP contribution in [0.15, 0.2) is 48.5 Å². The van der Waals surface area contributed by atoms with E-state index in [1.165, 1.54) is 16.7 Å². The number of nitrogens with one attached hydrogen (secondary N) is 1. The Morgan fingerprint density at radius 2 is 1.50 bits per heavy atom. The molecule has 0 aromatic heterocycles. The number of rotatable bonds is 7. The van der Waals surface area contributed by atoms with Crippen molar-refractivity contribution in [2.24, 2.45) is 5.92 Å². The molecule has 2 N–H and O–H groups in total. The van der Waals surface area contributed by atoms with Gasteiger partial charge in [-0.3, -0.25) is 4.79 Å². The number of carbonyl (C=O) groups is 1. The van der Waals surface area contributed by atoms with Gasteiger partial charge in [0.1, 0.15) is 0 Å². The van der Waals surface area contributed by atoms with Crippen LogP contribution in [0.1, 0.15) is 37.8 Å². The van der Waals surface area contributed by atoms with Crippen LogP contribution < -0.4 is 5.32 Å². The van der Waals surface area contributed by atoms with Crippen molar-refractivity contribution in [3.63, 3.8) is 0 Å². The van der Waals surface area contributed by atoms with Crippen molar-refractivity contribution in [1.29, 1.82) is 0 Å². The fourth-order valence-electron chi connectivity index (χ4n) is 2.57. The van der Waals surface area contributed by atoms with Crippen LogP contribution in [0.4, 0.5) is 0 Å². The van der Waals surface area contributed by atoms with E-state index >= 15 is 0 Å². The predicted molar refractivity (Wildman–Crippen MR) is 98.9 cm³/mol. The summed E-state index contributed by atoms with van der Waals surface area (Å²) in [6.07, 6.45) is 0.693. The standard InChI is InChI=1S/C21H27NO2/c1-15(2)21(24)22-14-16(3)18-8-10-20(11-9-18)19-6-4-17(5-7-19)12-13-23/h4-11,15-16,23H,12-14H2,1-3H3,(H,22,24). The molecule has 0 aliphatic heterocycles. The molecule has 0 radical (unpaired) electrons. The second-order valence-corrected chi connectivity index (χ2v) is 6.59. The maximum absolute atomic E-state index is 11.7. The zero-order valence-electron chi connectivity index (χ0n) is 14.8. The summed E-state index contributed by atoms with van der Waals surface area (Å²) in [7, 11) is 0. The van der Waals surface area contributed by atoms with Crippen LogP contribution in [0.2, 0.25) is 0 Å². The minimum Gasteiger partial charge on any atom is -0.396 e. The van der Waals surface area contributed by atoms with Crippen molar-refractivity contribution in [3.05, 3.63) is 59.7 Å². The first-order chi connectivity index (χ1) is 11.5. The maximum atomic E-state index is 11.7. The van der Waals surface area contributed by atoms with Gasteiger partial charge in [0.2, 0.25) is 5.91 Å². The number of amides is 1. The van der Waals surface area contributed by atoms with Crippen LogP contribution in [0.3, 0.4) is 0 Å². The highest BCUT2D eigenvalue weighted by Gasteiger charge is 2.10.